The van der Waals surface area contributed by atoms with Crippen molar-refractivity contribution in [2.45, 2.75) is 18.9 Å². The van der Waals surface area contributed by atoms with Crippen LogP contribution in [0.3, 0.4) is 0 Å². The first-order valence-corrected chi connectivity index (χ1v) is 6.54. The zero-order chi connectivity index (χ0) is 10.7. The topological polar surface area (TPSA) is 21.3 Å². The molecule has 0 unspecified atom stereocenters. The summed E-state index contributed by atoms with van der Waals surface area (Å²) in [6, 6.07) is 5.86. The Morgan fingerprint density at radius 1 is 1.33 bits per heavy atom. The summed E-state index contributed by atoms with van der Waals surface area (Å²) in [5.41, 5.74) is 0. The van der Waals surface area contributed by atoms with Crippen molar-refractivity contribution in [1.82, 2.24) is 5.32 Å². The van der Waals surface area contributed by atoms with Gasteiger partial charge in [0.1, 0.15) is 11.9 Å². The molecular weight excluding hydrogens is 324 g/mol. The molecule has 1 aliphatic heterocycles. The van der Waals surface area contributed by atoms with Gasteiger partial charge in [0.05, 0.1) is 5.02 Å². The highest BCUT2D eigenvalue weighted by molar-refractivity contribution is 14.1. The largest absolute Gasteiger partial charge is 0.489 e. The molecule has 0 aliphatic carbocycles. The summed E-state index contributed by atoms with van der Waals surface area (Å²) in [7, 11) is 0. The maximum Gasteiger partial charge on any atom is 0.139 e. The lowest BCUT2D eigenvalue weighted by molar-refractivity contribution is 0.162. The molecule has 1 heterocycles. The molecule has 1 aliphatic rings. The van der Waals surface area contributed by atoms with Crippen LogP contribution in [-0.2, 0) is 0 Å². The van der Waals surface area contributed by atoms with Gasteiger partial charge in [0.15, 0.2) is 0 Å². The second-order valence-corrected chi connectivity index (χ2v) is 5.29. The standard InChI is InChI=1S/C11H13ClINO/c12-10-2-1-8(13)7-11(10)15-9-3-5-14-6-4-9/h1-2,7,9,14H,3-6H2. The Hall–Kier alpha value is -0.0000000000000000763. The van der Waals surface area contributed by atoms with Crippen LogP contribution >= 0.6 is 34.2 Å². The Bertz CT molecular complexity index is 339. The molecule has 15 heavy (non-hydrogen) atoms. The average Bonchev–Trinajstić information content (AvgIpc) is 2.25. The van der Waals surface area contributed by atoms with E-state index in [1.807, 2.05) is 18.2 Å². The first-order chi connectivity index (χ1) is 7.25. The summed E-state index contributed by atoms with van der Waals surface area (Å²) < 4.78 is 7.04. The number of hydrogen-bond acceptors (Lipinski definition) is 2. The monoisotopic (exact) mass is 337 g/mol. The predicted molar refractivity (Wildman–Crippen MR) is 70.7 cm³/mol. The second kappa shape index (κ2) is 5.37. The lowest BCUT2D eigenvalue weighted by atomic mass is 10.1. The summed E-state index contributed by atoms with van der Waals surface area (Å²) in [5, 5.41) is 4.01. The molecule has 0 radical (unpaired) electrons. The SMILES string of the molecule is Clc1ccc(I)cc1OC1CCNCC1. The molecule has 82 valence electrons. The van der Waals surface area contributed by atoms with Crippen molar-refractivity contribution in [3.05, 3.63) is 26.8 Å². The minimum atomic E-state index is 0.307. The van der Waals surface area contributed by atoms with Crippen molar-refractivity contribution in [2.24, 2.45) is 0 Å². The summed E-state index contributed by atoms with van der Waals surface area (Å²) in [6.45, 7) is 2.07. The maximum absolute atomic E-state index is 6.07. The predicted octanol–water partition coefficient (Wildman–Crippen LogP) is 3.08. The molecule has 2 nitrogen and oxygen atoms in total. The van der Waals surface area contributed by atoms with E-state index in [1.54, 1.807) is 0 Å². The third-order valence-corrected chi connectivity index (χ3v) is 3.46. The van der Waals surface area contributed by atoms with Crippen molar-refractivity contribution in [1.29, 1.82) is 0 Å². The Labute approximate surface area is 108 Å². The fraction of sp³-hybridized carbons (Fsp3) is 0.455. The first kappa shape index (κ1) is 11.5. The minimum Gasteiger partial charge on any atom is -0.489 e. The van der Waals surface area contributed by atoms with Gasteiger partial charge >= 0.3 is 0 Å². The lowest BCUT2D eigenvalue weighted by Crippen LogP contribution is -2.34. The van der Waals surface area contributed by atoms with Gasteiger partial charge < -0.3 is 10.1 Å². The van der Waals surface area contributed by atoms with Crippen molar-refractivity contribution in [3.8, 4) is 5.75 Å². The van der Waals surface area contributed by atoms with Crippen LogP contribution < -0.4 is 10.1 Å². The van der Waals surface area contributed by atoms with Gasteiger partial charge in [-0.15, -0.1) is 0 Å². The van der Waals surface area contributed by atoms with Crippen molar-refractivity contribution >= 4 is 34.2 Å². The van der Waals surface area contributed by atoms with Gasteiger partial charge in [0.25, 0.3) is 0 Å². The maximum atomic E-state index is 6.07. The van der Waals surface area contributed by atoms with Crippen LogP contribution in [0, 0.1) is 3.57 Å². The average molecular weight is 338 g/mol. The Morgan fingerprint density at radius 2 is 2.07 bits per heavy atom. The van der Waals surface area contributed by atoms with Crippen LogP contribution in [0.25, 0.3) is 0 Å². The molecular formula is C11H13ClINO. The fourth-order valence-electron chi connectivity index (χ4n) is 1.66. The molecule has 0 aromatic heterocycles. The van der Waals surface area contributed by atoms with E-state index < -0.39 is 0 Å². The number of halogens is 2. The van der Waals surface area contributed by atoms with E-state index in [0.29, 0.717) is 11.1 Å². The lowest BCUT2D eigenvalue weighted by Gasteiger charge is -2.24. The van der Waals surface area contributed by atoms with E-state index in [4.69, 9.17) is 16.3 Å². The summed E-state index contributed by atoms with van der Waals surface area (Å²) in [4.78, 5) is 0. The minimum absolute atomic E-state index is 0.307. The van der Waals surface area contributed by atoms with E-state index in [1.165, 1.54) is 0 Å². The van der Waals surface area contributed by atoms with E-state index >= 15 is 0 Å². The van der Waals surface area contributed by atoms with Crippen LogP contribution in [0.15, 0.2) is 18.2 Å². The van der Waals surface area contributed by atoms with Gasteiger partial charge in [0.2, 0.25) is 0 Å². The quantitative estimate of drug-likeness (QED) is 0.838. The number of hydrogen-bond donors (Lipinski definition) is 1. The molecule has 0 spiro atoms. The van der Waals surface area contributed by atoms with Gasteiger partial charge in [-0.3, -0.25) is 0 Å². The number of piperidine rings is 1. The highest BCUT2D eigenvalue weighted by Gasteiger charge is 2.15. The highest BCUT2D eigenvalue weighted by atomic mass is 127. The normalized spacial score (nSPS) is 17.7. The first-order valence-electron chi connectivity index (χ1n) is 5.08. The molecule has 0 bridgehead atoms. The number of ether oxygens (including phenoxy) is 1. The van der Waals surface area contributed by atoms with Gasteiger partial charge in [-0.2, -0.15) is 0 Å². The van der Waals surface area contributed by atoms with E-state index in [2.05, 4.69) is 27.9 Å². The zero-order valence-corrected chi connectivity index (χ0v) is 11.2. The Balaban J connectivity index is 2.05. The second-order valence-electron chi connectivity index (χ2n) is 3.64. The van der Waals surface area contributed by atoms with Crippen molar-refractivity contribution in [2.75, 3.05) is 13.1 Å². The van der Waals surface area contributed by atoms with Crippen molar-refractivity contribution in [3.63, 3.8) is 0 Å². The number of benzene rings is 1. The number of rotatable bonds is 2. The molecule has 1 aromatic carbocycles. The third kappa shape index (κ3) is 3.23. The van der Waals surface area contributed by atoms with Crippen LogP contribution in [0.1, 0.15) is 12.8 Å². The molecule has 1 aromatic rings. The van der Waals surface area contributed by atoms with E-state index in [-0.39, 0.29) is 0 Å². The summed E-state index contributed by atoms with van der Waals surface area (Å²) in [6.07, 6.45) is 2.42. The Kier molecular flexibility index (Phi) is 4.11. The van der Waals surface area contributed by atoms with Gasteiger partial charge in [-0.25, -0.2) is 0 Å². The van der Waals surface area contributed by atoms with E-state index in [0.717, 1.165) is 35.3 Å². The van der Waals surface area contributed by atoms with Crippen LogP contribution in [-0.4, -0.2) is 19.2 Å². The molecule has 1 N–H and O–H groups in total. The Morgan fingerprint density at radius 3 is 2.80 bits per heavy atom. The van der Waals surface area contributed by atoms with Crippen LogP contribution in [0.5, 0.6) is 5.75 Å². The fourth-order valence-corrected chi connectivity index (χ4v) is 2.29. The molecule has 0 amide bonds. The summed E-state index contributed by atoms with van der Waals surface area (Å²) >= 11 is 8.34. The molecule has 0 saturated carbocycles. The zero-order valence-electron chi connectivity index (χ0n) is 8.30. The molecule has 0 atom stereocenters. The van der Waals surface area contributed by atoms with Crippen molar-refractivity contribution < 1.29 is 4.74 Å². The molecule has 1 saturated heterocycles. The summed E-state index contributed by atoms with van der Waals surface area (Å²) in [5.74, 6) is 0.815. The van der Waals surface area contributed by atoms with Crippen LogP contribution in [0.2, 0.25) is 5.02 Å². The van der Waals surface area contributed by atoms with E-state index in [9.17, 15) is 0 Å². The number of nitrogens with one attached hydrogen (secondary N) is 1. The molecule has 4 heteroatoms. The molecule has 1 fully saturated rings. The molecule has 2 rings (SSSR count). The van der Waals surface area contributed by atoms with Gasteiger partial charge in [-0.1, -0.05) is 11.6 Å². The van der Waals surface area contributed by atoms with Gasteiger partial charge in [-0.05, 0) is 66.7 Å². The third-order valence-electron chi connectivity index (χ3n) is 2.47. The smallest absolute Gasteiger partial charge is 0.139 e. The highest BCUT2D eigenvalue weighted by Crippen LogP contribution is 2.28. The van der Waals surface area contributed by atoms with Crippen LogP contribution in [0.4, 0.5) is 0 Å². The van der Waals surface area contributed by atoms with Gasteiger partial charge in [0, 0.05) is 3.57 Å².